The average molecular weight is 292 g/mol. The van der Waals surface area contributed by atoms with E-state index >= 15 is 0 Å². The standard InChI is InChI=1S/C15H21FN4O/c1-14(2)12(8-21)20(4)13(18)19-15(14,3)10-7-9(17)5-6-11(10)16/h5-8,12H,17H2,1-4H3,(H2,18,19)/t12?,15-/m1/s1. The molecule has 0 spiro atoms. The van der Waals surface area contributed by atoms with Crippen LogP contribution in [0.1, 0.15) is 26.3 Å². The zero-order valence-electron chi connectivity index (χ0n) is 12.7. The van der Waals surface area contributed by atoms with Gasteiger partial charge in [-0.1, -0.05) is 13.8 Å². The van der Waals surface area contributed by atoms with Gasteiger partial charge in [-0.2, -0.15) is 0 Å². The van der Waals surface area contributed by atoms with Crippen LogP contribution in [0.4, 0.5) is 10.1 Å². The van der Waals surface area contributed by atoms with Crippen LogP contribution in [0.2, 0.25) is 0 Å². The van der Waals surface area contributed by atoms with E-state index in [1.807, 2.05) is 13.8 Å². The molecule has 2 atom stereocenters. The summed E-state index contributed by atoms with van der Waals surface area (Å²) in [5.41, 5.74) is 10.8. The van der Waals surface area contributed by atoms with Crippen LogP contribution in [0, 0.1) is 11.2 Å². The Kier molecular flexibility index (Phi) is 3.43. The molecule has 2 rings (SSSR count). The van der Waals surface area contributed by atoms with Gasteiger partial charge in [0.05, 0.1) is 11.6 Å². The van der Waals surface area contributed by atoms with E-state index in [0.717, 1.165) is 6.29 Å². The first-order valence-corrected chi connectivity index (χ1v) is 6.74. The first-order chi connectivity index (χ1) is 9.65. The highest BCUT2D eigenvalue weighted by Crippen LogP contribution is 2.49. The Morgan fingerprint density at radius 3 is 2.52 bits per heavy atom. The smallest absolute Gasteiger partial charge is 0.192 e. The van der Waals surface area contributed by atoms with Crippen LogP contribution in [0.25, 0.3) is 0 Å². The third kappa shape index (κ3) is 2.05. The molecule has 1 aromatic carbocycles. The summed E-state index contributed by atoms with van der Waals surface area (Å²) >= 11 is 0. The number of hydrogen-bond donors (Lipinski definition) is 2. The second kappa shape index (κ2) is 4.72. The lowest BCUT2D eigenvalue weighted by Gasteiger charge is -2.51. The van der Waals surface area contributed by atoms with Gasteiger partial charge in [0.1, 0.15) is 12.1 Å². The van der Waals surface area contributed by atoms with Crippen molar-refractivity contribution < 1.29 is 9.18 Å². The molecule has 0 bridgehead atoms. The monoisotopic (exact) mass is 292 g/mol. The minimum absolute atomic E-state index is 0.204. The number of nitrogens with zero attached hydrogens (tertiary/aromatic N) is 2. The van der Waals surface area contributed by atoms with Crippen LogP contribution in [0.15, 0.2) is 23.2 Å². The Balaban J connectivity index is 2.74. The summed E-state index contributed by atoms with van der Waals surface area (Å²) in [6.07, 6.45) is 0.823. The summed E-state index contributed by atoms with van der Waals surface area (Å²) in [5, 5.41) is 0. The van der Waals surface area contributed by atoms with Crippen molar-refractivity contribution in [3.8, 4) is 0 Å². The molecule has 114 valence electrons. The van der Waals surface area contributed by atoms with Crippen molar-refractivity contribution in [1.82, 2.24) is 4.90 Å². The van der Waals surface area contributed by atoms with Gasteiger partial charge in [0.25, 0.3) is 0 Å². The van der Waals surface area contributed by atoms with Gasteiger partial charge < -0.3 is 21.2 Å². The normalized spacial score (nSPS) is 28.1. The van der Waals surface area contributed by atoms with Gasteiger partial charge >= 0.3 is 0 Å². The topological polar surface area (TPSA) is 84.7 Å². The van der Waals surface area contributed by atoms with E-state index in [-0.39, 0.29) is 5.96 Å². The number of halogens is 1. The highest BCUT2D eigenvalue weighted by molar-refractivity contribution is 5.84. The third-order valence-corrected chi connectivity index (χ3v) is 4.75. The maximum Gasteiger partial charge on any atom is 0.192 e. The number of carbonyl (C=O) groups excluding carboxylic acids is 1. The summed E-state index contributed by atoms with van der Waals surface area (Å²) in [5.74, 6) is -0.207. The molecule has 21 heavy (non-hydrogen) atoms. The molecule has 0 amide bonds. The van der Waals surface area contributed by atoms with Crippen molar-refractivity contribution in [2.24, 2.45) is 16.1 Å². The third-order valence-electron chi connectivity index (χ3n) is 4.75. The first-order valence-electron chi connectivity index (χ1n) is 6.74. The fraction of sp³-hybridized carbons (Fsp3) is 0.467. The lowest BCUT2D eigenvalue weighted by Crippen LogP contribution is -2.61. The minimum Gasteiger partial charge on any atom is -0.399 e. The van der Waals surface area contributed by atoms with Crippen LogP contribution in [0.5, 0.6) is 0 Å². The van der Waals surface area contributed by atoms with Gasteiger partial charge in [0, 0.05) is 23.7 Å². The molecule has 0 radical (unpaired) electrons. The molecule has 6 heteroatoms. The molecule has 0 saturated carbocycles. The molecular formula is C15H21FN4O. The molecular weight excluding hydrogens is 271 g/mol. The van der Waals surface area contributed by atoms with Gasteiger partial charge in [0.2, 0.25) is 0 Å². The van der Waals surface area contributed by atoms with Crippen LogP contribution in [0.3, 0.4) is 0 Å². The maximum atomic E-state index is 14.3. The highest BCUT2D eigenvalue weighted by atomic mass is 19.1. The zero-order chi connectivity index (χ0) is 16.0. The van der Waals surface area contributed by atoms with Crippen LogP contribution < -0.4 is 11.5 Å². The largest absolute Gasteiger partial charge is 0.399 e. The Bertz CT molecular complexity index is 614. The predicted molar refractivity (Wildman–Crippen MR) is 81.2 cm³/mol. The number of benzene rings is 1. The number of nitrogens with two attached hydrogens (primary N) is 2. The van der Waals surface area contributed by atoms with Gasteiger partial charge in [-0.05, 0) is 25.1 Å². The number of guanidine groups is 1. The second-order valence-corrected chi connectivity index (χ2v) is 6.20. The van der Waals surface area contributed by atoms with Crippen molar-refractivity contribution in [3.63, 3.8) is 0 Å². The fourth-order valence-electron chi connectivity index (χ4n) is 2.95. The zero-order valence-corrected chi connectivity index (χ0v) is 12.7. The van der Waals surface area contributed by atoms with E-state index in [1.165, 1.54) is 12.1 Å². The fourth-order valence-corrected chi connectivity index (χ4v) is 2.95. The van der Waals surface area contributed by atoms with E-state index in [1.54, 1.807) is 24.9 Å². The van der Waals surface area contributed by atoms with Crippen LogP contribution in [-0.2, 0) is 10.3 Å². The first kappa shape index (κ1) is 15.3. The summed E-state index contributed by atoms with van der Waals surface area (Å²) < 4.78 is 14.3. The maximum absolute atomic E-state index is 14.3. The molecule has 5 nitrogen and oxygen atoms in total. The Morgan fingerprint density at radius 1 is 1.33 bits per heavy atom. The molecule has 1 heterocycles. The van der Waals surface area contributed by atoms with Crippen molar-refractivity contribution in [2.75, 3.05) is 12.8 Å². The van der Waals surface area contributed by atoms with Gasteiger partial charge in [-0.25, -0.2) is 9.38 Å². The van der Waals surface area contributed by atoms with E-state index in [0.29, 0.717) is 11.3 Å². The number of anilines is 1. The van der Waals surface area contributed by atoms with Crippen LogP contribution >= 0.6 is 0 Å². The summed E-state index contributed by atoms with van der Waals surface area (Å²) in [4.78, 5) is 17.6. The molecule has 0 aromatic heterocycles. The number of aliphatic imine (C=N–C) groups is 1. The van der Waals surface area contributed by atoms with Crippen LogP contribution in [-0.4, -0.2) is 30.2 Å². The number of nitrogen functional groups attached to an aromatic ring is 1. The van der Waals surface area contributed by atoms with E-state index in [4.69, 9.17) is 11.5 Å². The molecule has 4 N–H and O–H groups in total. The molecule has 0 aliphatic carbocycles. The van der Waals surface area contributed by atoms with Crippen molar-refractivity contribution in [2.45, 2.75) is 32.4 Å². The van der Waals surface area contributed by atoms with Crippen molar-refractivity contribution in [3.05, 3.63) is 29.6 Å². The van der Waals surface area contributed by atoms with E-state index in [9.17, 15) is 9.18 Å². The summed E-state index contributed by atoms with van der Waals surface area (Å²) in [7, 11) is 1.70. The lowest BCUT2D eigenvalue weighted by molar-refractivity contribution is -0.116. The Hall–Kier alpha value is -2.11. The SMILES string of the molecule is CN1C(N)=N[C@](C)(c2cc(N)ccc2F)C(C)(C)C1C=O. The number of hydrogen-bond acceptors (Lipinski definition) is 5. The molecule has 1 aromatic rings. The Morgan fingerprint density at radius 2 is 1.95 bits per heavy atom. The Labute approximate surface area is 123 Å². The van der Waals surface area contributed by atoms with E-state index < -0.39 is 22.8 Å². The number of likely N-dealkylation sites (N-methyl/N-ethyl adjacent to an activating group) is 1. The summed E-state index contributed by atoms with van der Waals surface area (Å²) in [6, 6.07) is 3.85. The lowest BCUT2D eigenvalue weighted by atomic mass is 9.64. The van der Waals surface area contributed by atoms with Gasteiger partial charge in [-0.3, -0.25) is 0 Å². The van der Waals surface area contributed by atoms with E-state index in [2.05, 4.69) is 4.99 Å². The predicted octanol–water partition coefficient (Wildman–Crippen LogP) is 1.48. The van der Waals surface area contributed by atoms with Crippen molar-refractivity contribution >= 4 is 17.9 Å². The molecule has 0 saturated heterocycles. The molecule has 1 unspecified atom stereocenters. The number of carbonyl (C=O) groups is 1. The van der Waals surface area contributed by atoms with Gasteiger partial charge in [-0.15, -0.1) is 0 Å². The number of rotatable bonds is 2. The quantitative estimate of drug-likeness (QED) is 0.638. The average Bonchev–Trinajstić information content (AvgIpc) is 2.40. The second-order valence-electron chi connectivity index (χ2n) is 6.20. The van der Waals surface area contributed by atoms with Crippen molar-refractivity contribution in [1.29, 1.82) is 0 Å². The molecule has 1 aliphatic rings. The van der Waals surface area contributed by atoms with Gasteiger partial charge in [0.15, 0.2) is 5.96 Å². The summed E-state index contributed by atoms with van der Waals surface area (Å²) in [6.45, 7) is 5.53. The molecule has 1 aliphatic heterocycles. The minimum atomic E-state index is -0.991. The highest BCUT2D eigenvalue weighted by Gasteiger charge is 2.53. The molecule has 0 fully saturated rings. The number of aldehydes is 1.